The van der Waals surface area contributed by atoms with Gasteiger partial charge in [-0.2, -0.15) is 0 Å². The van der Waals surface area contributed by atoms with E-state index in [1.54, 1.807) is 0 Å². The van der Waals surface area contributed by atoms with E-state index in [-0.39, 0.29) is 18.4 Å². The summed E-state index contributed by atoms with van der Waals surface area (Å²) in [5.74, 6) is 1.31. The molecule has 3 heteroatoms. The average Bonchev–Trinajstić information content (AvgIpc) is 2.54. The molecule has 0 heterocycles. The van der Waals surface area contributed by atoms with Gasteiger partial charge in [-0.3, -0.25) is 4.79 Å². The van der Waals surface area contributed by atoms with Crippen molar-refractivity contribution in [2.24, 2.45) is 11.8 Å². The van der Waals surface area contributed by atoms with Gasteiger partial charge >= 0.3 is 0 Å². The number of aliphatic hydroxyl groups is 1. The highest BCUT2D eigenvalue weighted by Gasteiger charge is 2.24. The van der Waals surface area contributed by atoms with Gasteiger partial charge in [0, 0.05) is 19.1 Å². The second-order valence-corrected chi connectivity index (χ2v) is 6.93. The summed E-state index contributed by atoms with van der Waals surface area (Å²) < 4.78 is 0. The van der Waals surface area contributed by atoms with Crippen molar-refractivity contribution >= 4 is 5.91 Å². The van der Waals surface area contributed by atoms with Gasteiger partial charge in [-0.15, -0.1) is 0 Å². The van der Waals surface area contributed by atoms with E-state index >= 15 is 0 Å². The second-order valence-electron chi connectivity index (χ2n) is 6.93. The minimum absolute atomic E-state index is 0.162. The van der Waals surface area contributed by atoms with Crippen molar-refractivity contribution in [2.75, 3.05) is 6.61 Å². The molecule has 0 saturated heterocycles. The standard InChI is InChI=1S/C19H29NO2/c1-14(2)18(16-6-4-3-5-7-16)12-19(22)20-17-10-8-15(13-21)9-11-17/h3-7,14-15,17-18,21H,8-13H2,1-2H3,(H,20,22). The Morgan fingerprint density at radius 1 is 1.18 bits per heavy atom. The molecule has 1 unspecified atom stereocenters. The van der Waals surface area contributed by atoms with Gasteiger partial charge in [-0.25, -0.2) is 0 Å². The van der Waals surface area contributed by atoms with E-state index in [0.717, 1.165) is 25.7 Å². The molecule has 0 spiro atoms. The first-order chi connectivity index (χ1) is 10.6. The van der Waals surface area contributed by atoms with Gasteiger partial charge in [0.15, 0.2) is 0 Å². The number of hydrogen-bond donors (Lipinski definition) is 2. The Labute approximate surface area is 134 Å². The third-order valence-electron chi connectivity index (χ3n) is 4.91. The van der Waals surface area contributed by atoms with E-state index in [9.17, 15) is 9.90 Å². The van der Waals surface area contributed by atoms with Crippen molar-refractivity contribution in [3.63, 3.8) is 0 Å². The van der Waals surface area contributed by atoms with Crippen molar-refractivity contribution < 1.29 is 9.90 Å². The molecule has 1 aliphatic carbocycles. The molecule has 0 radical (unpaired) electrons. The average molecular weight is 303 g/mol. The lowest BCUT2D eigenvalue weighted by Crippen LogP contribution is -2.38. The topological polar surface area (TPSA) is 49.3 Å². The highest BCUT2D eigenvalue weighted by molar-refractivity contribution is 5.77. The summed E-state index contributed by atoms with van der Waals surface area (Å²) in [6.45, 7) is 4.64. The maximum absolute atomic E-state index is 12.4. The van der Waals surface area contributed by atoms with Crippen molar-refractivity contribution in [1.29, 1.82) is 0 Å². The van der Waals surface area contributed by atoms with Crippen molar-refractivity contribution in [1.82, 2.24) is 5.32 Å². The number of carbonyl (C=O) groups excluding carboxylic acids is 1. The molecule has 1 amide bonds. The van der Waals surface area contributed by atoms with Crippen LogP contribution in [0.2, 0.25) is 0 Å². The molecule has 1 saturated carbocycles. The Balaban J connectivity index is 1.87. The van der Waals surface area contributed by atoms with Gasteiger partial charge in [-0.05, 0) is 49.0 Å². The maximum Gasteiger partial charge on any atom is 0.220 e. The van der Waals surface area contributed by atoms with Crippen LogP contribution < -0.4 is 5.32 Å². The Kier molecular flexibility index (Phi) is 6.44. The highest BCUT2D eigenvalue weighted by Crippen LogP contribution is 2.28. The first kappa shape index (κ1) is 17.0. The van der Waals surface area contributed by atoms with Crippen molar-refractivity contribution in [3.05, 3.63) is 35.9 Å². The van der Waals surface area contributed by atoms with Crippen LogP contribution >= 0.6 is 0 Å². The van der Waals surface area contributed by atoms with Crippen molar-refractivity contribution in [3.8, 4) is 0 Å². The zero-order valence-corrected chi connectivity index (χ0v) is 13.8. The molecule has 0 aromatic heterocycles. The molecular formula is C19H29NO2. The molecule has 0 bridgehead atoms. The third kappa shape index (κ3) is 4.84. The number of carbonyl (C=O) groups is 1. The first-order valence-corrected chi connectivity index (χ1v) is 8.55. The molecule has 122 valence electrons. The predicted molar refractivity (Wildman–Crippen MR) is 89.6 cm³/mol. The highest BCUT2D eigenvalue weighted by atomic mass is 16.3. The van der Waals surface area contributed by atoms with E-state index in [0.29, 0.717) is 24.3 Å². The van der Waals surface area contributed by atoms with Gasteiger partial charge < -0.3 is 10.4 Å². The lowest BCUT2D eigenvalue weighted by atomic mass is 9.84. The largest absolute Gasteiger partial charge is 0.396 e. The third-order valence-corrected chi connectivity index (χ3v) is 4.91. The molecule has 1 atom stereocenters. The van der Waals surface area contributed by atoms with E-state index in [1.165, 1.54) is 5.56 Å². The van der Waals surface area contributed by atoms with Crippen LogP contribution in [0.5, 0.6) is 0 Å². The predicted octanol–water partition coefficient (Wildman–Crippen LogP) is 3.48. The summed E-state index contributed by atoms with van der Waals surface area (Å²) in [6.07, 6.45) is 4.59. The summed E-state index contributed by atoms with van der Waals surface area (Å²) in [5.41, 5.74) is 1.25. The smallest absolute Gasteiger partial charge is 0.220 e. The lowest BCUT2D eigenvalue weighted by molar-refractivity contribution is -0.122. The number of amides is 1. The van der Waals surface area contributed by atoms with Crippen LogP contribution in [-0.4, -0.2) is 23.7 Å². The Hall–Kier alpha value is -1.35. The quantitative estimate of drug-likeness (QED) is 0.845. The van der Waals surface area contributed by atoms with Gasteiger partial charge in [0.25, 0.3) is 0 Å². The van der Waals surface area contributed by atoms with Gasteiger partial charge in [0.2, 0.25) is 5.91 Å². The zero-order valence-electron chi connectivity index (χ0n) is 13.8. The van der Waals surface area contributed by atoms with Crippen molar-refractivity contribution in [2.45, 2.75) is 57.9 Å². The molecule has 1 aromatic rings. The molecule has 1 aromatic carbocycles. The fourth-order valence-electron chi connectivity index (χ4n) is 3.41. The summed E-state index contributed by atoms with van der Waals surface area (Å²) in [6, 6.07) is 10.6. The Morgan fingerprint density at radius 2 is 1.82 bits per heavy atom. The maximum atomic E-state index is 12.4. The molecule has 3 nitrogen and oxygen atoms in total. The number of nitrogens with one attached hydrogen (secondary N) is 1. The number of benzene rings is 1. The van der Waals surface area contributed by atoms with E-state index in [2.05, 4.69) is 31.3 Å². The summed E-state index contributed by atoms with van der Waals surface area (Å²) in [4.78, 5) is 12.4. The SMILES string of the molecule is CC(C)C(CC(=O)NC1CCC(CO)CC1)c1ccccc1. The summed E-state index contributed by atoms with van der Waals surface area (Å²) in [5, 5.41) is 12.4. The summed E-state index contributed by atoms with van der Waals surface area (Å²) in [7, 11) is 0. The van der Waals surface area contributed by atoms with Crippen LogP contribution in [-0.2, 0) is 4.79 Å². The van der Waals surface area contributed by atoms with Gasteiger partial charge in [-0.1, -0.05) is 44.2 Å². The zero-order chi connectivity index (χ0) is 15.9. The minimum Gasteiger partial charge on any atom is -0.396 e. The van der Waals surface area contributed by atoms with Crippen LogP contribution in [0.4, 0.5) is 0 Å². The van der Waals surface area contributed by atoms with Gasteiger partial charge in [0.1, 0.15) is 0 Å². The first-order valence-electron chi connectivity index (χ1n) is 8.55. The molecule has 1 fully saturated rings. The molecule has 2 rings (SSSR count). The number of rotatable bonds is 6. The van der Waals surface area contributed by atoms with Crippen LogP contribution in [0.3, 0.4) is 0 Å². The molecule has 0 aliphatic heterocycles. The molecular weight excluding hydrogens is 274 g/mol. The van der Waals surface area contributed by atoms with Crippen LogP contribution in [0.15, 0.2) is 30.3 Å². The fourth-order valence-corrected chi connectivity index (χ4v) is 3.41. The fraction of sp³-hybridized carbons (Fsp3) is 0.632. The Bertz CT molecular complexity index is 450. The normalized spacial score (nSPS) is 23.3. The minimum atomic E-state index is 0.162. The lowest BCUT2D eigenvalue weighted by Gasteiger charge is -2.29. The number of aliphatic hydroxyl groups excluding tert-OH is 1. The van der Waals surface area contributed by atoms with Gasteiger partial charge in [0.05, 0.1) is 0 Å². The van der Waals surface area contributed by atoms with E-state index in [1.807, 2.05) is 18.2 Å². The molecule has 1 aliphatic rings. The van der Waals surface area contributed by atoms with Crippen LogP contribution in [0.1, 0.15) is 57.4 Å². The Morgan fingerprint density at radius 3 is 2.36 bits per heavy atom. The van der Waals surface area contributed by atoms with Crippen LogP contribution in [0.25, 0.3) is 0 Å². The van der Waals surface area contributed by atoms with Crippen LogP contribution in [0, 0.1) is 11.8 Å². The molecule has 2 N–H and O–H groups in total. The van der Waals surface area contributed by atoms with E-state index in [4.69, 9.17) is 0 Å². The second kappa shape index (κ2) is 8.33. The summed E-state index contributed by atoms with van der Waals surface area (Å²) >= 11 is 0. The molecule has 22 heavy (non-hydrogen) atoms. The number of hydrogen-bond acceptors (Lipinski definition) is 2. The van der Waals surface area contributed by atoms with E-state index < -0.39 is 0 Å². The monoisotopic (exact) mass is 303 g/mol.